The van der Waals surface area contributed by atoms with Gasteiger partial charge in [-0.3, -0.25) is 14.5 Å². The fraction of sp³-hybridized carbons (Fsp3) is 0.423. The average Bonchev–Trinajstić information content (AvgIpc) is 2.74. The number of nitrogens with zero attached hydrogens (tertiary/aromatic N) is 1. The summed E-state index contributed by atoms with van der Waals surface area (Å²) in [5.74, 6) is -2.95. The van der Waals surface area contributed by atoms with Crippen LogP contribution in [0.2, 0.25) is 19.6 Å². The number of fused-ring (bicyclic) bond motifs is 1. The average molecular weight is 517 g/mol. The SMILES string of the molecule is COc1ccc2c(c1)CCC(C(=O)[C@H]1C[C@H](C(=O)O)C1)N2C(=O)Nc1cc(F)c([Si](C)(C)C)c(F)c1. The van der Waals surface area contributed by atoms with Gasteiger partial charge in [-0.2, -0.15) is 0 Å². The third-order valence-corrected chi connectivity index (χ3v) is 9.00. The predicted molar refractivity (Wildman–Crippen MR) is 135 cm³/mol. The highest BCUT2D eigenvalue weighted by Crippen LogP contribution is 2.40. The summed E-state index contributed by atoms with van der Waals surface area (Å²) < 4.78 is 34.9. The lowest BCUT2D eigenvalue weighted by Crippen LogP contribution is -2.53. The number of hydrogen-bond acceptors (Lipinski definition) is 4. The molecule has 0 saturated heterocycles. The summed E-state index contributed by atoms with van der Waals surface area (Å²) in [7, 11) is -0.764. The van der Waals surface area contributed by atoms with Crippen LogP contribution in [0.5, 0.6) is 5.75 Å². The zero-order valence-corrected chi connectivity index (χ0v) is 21.7. The topological polar surface area (TPSA) is 95.9 Å². The summed E-state index contributed by atoms with van der Waals surface area (Å²) >= 11 is 0. The maximum Gasteiger partial charge on any atom is 0.327 e. The number of ether oxygens (including phenoxy) is 1. The van der Waals surface area contributed by atoms with Gasteiger partial charge in [-0.25, -0.2) is 13.6 Å². The van der Waals surface area contributed by atoms with Gasteiger partial charge in [0.2, 0.25) is 0 Å². The third kappa shape index (κ3) is 4.86. The van der Waals surface area contributed by atoms with E-state index in [1.807, 2.05) is 19.6 Å². The summed E-state index contributed by atoms with van der Waals surface area (Å²) in [4.78, 5) is 39.4. The molecule has 1 fully saturated rings. The van der Waals surface area contributed by atoms with Crippen molar-refractivity contribution in [3.05, 3.63) is 47.5 Å². The molecule has 1 heterocycles. The number of anilines is 2. The van der Waals surface area contributed by atoms with Gasteiger partial charge >= 0.3 is 12.0 Å². The Morgan fingerprint density at radius 3 is 2.25 bits per heavy atom. The van der Waals surface area contributed by atoms with Crippen LogP contribution in [0.15, 0.2) is 30.3 Å². The molecule has 1 aliphatic heterocycles. The normalized spacial score (nSPS) is 21.3. The molecule has 2 aliphatic rings. The molecule has 1 saturated carbocycles. The molecular formula is C26H30F2N2O5Si. The highest BCUT2D eigenvalue weighted by Gasteiger charge is 2.45. The molecule has 0 radical (unpaired) electrons. The van der Waals surface area contributed by atoms with Crippen LogP contribution in [-0.4, -0.2) is 44.1 Å². The van der Waals surface area contributed by atoms with Crippen molar-refractivity contribution < 1.29 is 33.0 Å². The second-order valence-electron chi connectivity index (χ2n) is 10.5. The van der Waals surface area contributed by atoms with Crippen molar-refractivity contribution in [3.8, 4) is 5.75 Å². The number of Topliss-reactive ketones (excluding diaryl/α,β-unsaturated/α-hetero) is 1. The van der Waals surface area contributed by atoms with E-state index in [0.717, 1.165) is 17.7 Å². The third-order valence-electron chi connectivity index (χ3n) is 7.03. The van der Waals surface area contributed by atoms with Crippen LogP contribution >= 0.6 is 0 Å². The summed E-state index contributed by atoms with van der Waals surface area (Å²) in [6.07, 6.45) is 1.35. The standard InChI is InChI=1S/C26H30F2N2O5Si/c1-35-18-6-8-21-14(11-18)5-7-22(23(31)15-9-16(10-15)25(32)33)30(21)26(34)29-17-12-19(27)24(20(28)13-17)36(2,3)4/h6,8,11-13,15-16,22H,5,7,9-10H2,1-4H3,(H,29,34)(H,32,33)/t15-,16-,22?. The molecule has 2 aromatic rings. The van der Waals surface area contributed by atoms with Gasteiger partial charge in [0.15, 0.2) is 5.78 Å². The van der Waals surface area contributed by atoms with Crippen LogP contribution in [0.25, 0.3) is 0 Å². The minimum absolute atomic E-state index is 0.0431. The maximum atomic E-state index is 14.8. The van der Waals surface area contributed by atoms with Crippen molar-refractivity contribution in [1.82, 2.24) is 0 Å². The first-order valence-corrected chi connectivity index (χ1v) is 15.4. The molecule has 2 aromatic carbocycles. The van der Waals surface area contributed by atoms with Gasteiger partial charge < -0.3 is 15.2 Å². The lowest BCUT2D eigenvalue weighted by atomic mass is 9.70. The first-order valence-electron chi connectivity index (χ1n) is 11.9. The number of nitrogens with one attached hydrogen (secondary N) is 1. The molecule has 1 atom stereocenters. The van der Waals surface area contributed by atoms with Crippen molar-refractivity contribution in [2.75, 3.05) is 17.3 Å². The summed E-state index contributed by atoms with van der Waals surface area (Å²) in [6.45, 7) is 5.49. The molecule has 1 unspecified atom stereocenters. The van der Waals surface area contributed by atoms with E-state index in [1.54, 1.807) is 18.2 Å². The molecule has 0 bridgehead atoms. The number of hydrogen-bond donors (Lipinski definition) is 2. The number of carboxylic acid groups (broad SMARTS) is 1. The van der Waals surface area contributed by atoms with Crippen molar-refractivity contribution in [2.45, 2.75) is 51.4 Å². The minimum Gasteiger partial charge on any atom is -0.497 e. The second kappa shape index (κ2) is 9.65. The number of carbonyl (C=O) groups is 3. The number of methoxy groups -OCH3 is 1. The molecule has 2 N–H and O–H groups in total. The van der Waals surface area contributed by atoms with E-state index in [0.29, 0.717) is 24.3 Å². The smallest absolute Gasteiger partial charge is 0.327 e. The van der Waals surface area contributed by atoms with Gasteiger partial charge in [0.25, 0.3) is 0 Å². The van der Waals surface area contributed by atoms with Gasteiger partial charge in [-0.05, 0) is 61.6 Å². The molecule has 10 heteroatoms. The number of amides is 2. The van der Waals surface area contributed by atoms with Crippen molar-refractivity contribution >= 4 is 42.4 Å². The molecule has 2 amide bonds. The van der Waals surface area contributed by atoms with Gasteiger partial charge in [0.05, 0.1) is 27.1 Å². The van der Waals surface area contributed by atoms with Gasteiger partial charge in [-0.1, -0.05) is 19.6 Å². The monoisotopic (exact) mass is 516 g/mol. The van der Waals surface area contributed by atoms with Crippen molar-refractivity contribution in [2.24, 2.45) is 11.8 Å². The number of carboxylic acids is 1. The molecule has 0 spiro atoms. The maximum absolute atomic E-state index is 14.8. The number of rotatable bonds is 6. The van der Waals surface area contributed by atoms with E-state index in [2.05, 4.69) is 5.32 Å². The fourth-order valence-electron chi connectivity index (χ4n) is 5.10. The molecule has 0 aromatic heterocycles. The zero-order valence-electron chi connectivity index (χ0n) is 20.7. The quantitative estimate of drug-likeness (QED) is 0.549. The Bertz CT molecular complexity index is 1200. The Hall–Kier alpha value is -3.27. The lowest BCUT2D eigenvalue weighted by Gasteiger charge is -2.40. The molecule has 4 rings (SSSR count). The van der Waals surface area contributed by atoms with Crippen LogP contribution in [0, 0.1) is 23.5 Å². The lowest BCUT2D eigenvalue weighted by molar-refractivity contribution is -0.148. The van der Waals surface area contributed by atoms with Gasteiger partial charge in [0.1, 0.15) is 17.4 Å². The van der Waals surface area contributed by atoms with Crippen LogP contribution in [-0.2, 0) is 16.0 Å². The minimum atomic E-state index is -2.30. The van der Waals surface area contributed by atoms with Crippen LogP contribution in [0.1, 0.15) is 24.8 Å². The largest absolute Gasteiger partial charge is 0.497 e. The summed E-state index contributed by atoms with van der Waals surface area (Å²) in [5.41, 5.74) is 1.27. The zero-order chi connectivity index (χ0) is 26.4. The van der Waals surface area contributed by atoms with E-state index in [-0.39, 0.29) is 29.5 Å². The number of urea groups is 1. The number of halogens is 2. The van der Waals surface area contributed by atoms with Gasteiger partial charge in [-0.15, -0.1) is 0 Å². The van der Waals surface area contributed by atoms with E-state index < -0.39 is 49.6 Å². The van der Waals surface area contributed by atoms with E-state index in [9.17, 15) is 28.3 Å². The summed E-state index contributed by atoms with van der Waals surface area (Å²) in [5, 5.41) is 11.8. The Balaban J connectivity index is 1.65. The Labute approximate surface area is 209 Å². The molecule has 1 aliphatic carbocycles. The number of benzene rings is 2. The summed E-state index contributed by atoms with van der Waals surface area (Å²) in [6, 6.07) is 5.86. The predicted octanol–water partition coefficient (Wildman–Crippen LogP) is 4.55. The molecular weight excluding hydrogens is 486 g/mol. The first-order chi connectivity index (χ1) is 16.9. The molecule has 7 nitrogen and oxygen atoms in total. The van der Waals surface area contributed by atoms with Crippen LogP contribution in [0.4, 0.5) is 25.0 Å². The number of aryl methyl sites for hydroxylation is 1. The number of ketones is 1. The molecule has 36 heavy (non-hydrogen) atoms. The fourth-order valence-corrected chi connectivity index (χ4v) is 6.68. The molecule has 192 valence electrons. The second-order valence-corrected chi connectivity index (χ2v) is 15.5. The van der Waals surface area contributed by atoms with Crippen LogP contribution < -0.4 is 20.1 Å². The van der Waals surface area contributed by atoms with E-state index >= 15 is 0 Å². The van der Waals surface area contributed by atoms with E-state index in [4.69, 9.17) is 4.74 Å². The van der Waals surface area contributed by atoms with Gasteiger partial charge in [0, 0.05) is 22.5 Å². The number of aliphatic carboxylic acids is 1. The van der Waals surface area contributed by atoms with E-state index in [1.165, 1.54) is 12.0 Å². The Morgan fingerprint density at radius 1 is 1.06 bits per heavy atom. The number of carbonyl (C=O) groups excluding carboxylic acids is 2. The Morgan fingerprint density at radius 2 is 1.69 bits per heavy atom. The van der Waals surface area contributed by atoms with Crippen molar-refractivity contribution in [1.29, 1.82) is 0 Å². The highest BCUT2D eigenvalue weighted by molar-refractivity contribution is 6.88. The van der Waals surface area contributed by atoms with Crippen molar-refractivity contribution in [3.63, 3.8) is 0 Å². The highest BCUT2D eigenvalue weighted by atomic mass is 28.3. The first kappa shape index (κ1) is 25.8. The van der Waals surface area contributed by atoms with Crippen LogP contribution in [0.3, 0.4) is 0 Å². The Kier molecular flexibility index (Phi) is 6.92.